The van der Waals surface area contributed by atoms with Gasteiger partial charge in [0, 0.05) is 26.0 Å². The van der Waals surface area contributed by atoms with Crippen molar-refractivity contribution in [1.82, 2.24) is 5.32 Å². The SMILES string of the molecule is C/C=C\C(=C/C=NC)NC. The Bertz CT molecular complexity index is 155. The lowest BCUT2D eigenvalue weighted by atomic mass is 10.3. The standard InChI is InChI=1S/C8H14N2/c1-4-5-8(10-3)6-7-9-2/h4-7,10H,1-3H3/b5-4-,8-6+,9-7?. The second-order valence-corrected chi connectivity index (χ2v) is 1.78. The molecular weight excluding hydrogens is 124 g/mol. The van der Waals surface area contributed by atoms with E-state index in [0.29, 0.717) is 0 Å². The molecule has 0 fully saturated rings. The Labute approximate surface area is 62.4 Å². The molecule has 0 rings (SSSR count). The topological polar surface area (TPSA) is 24.4 Å². The Morgan fingerprint density at radius 2 is 2.20 bits per heavy atom. The maximum atomic E-state index is 3.83. The molecule has 0 heterocycles. The van der Waals surface area contributed by atoms with Gasteiger partial charge in [0.05, 0.1) is 0 Å². The fourth-order valence-electron chi connectivity index (χ4n) is 0.557. The molecule has 2 heteroatoms. The molecule has 0 radical (unpaired) electrons. The third kappa shape index (κ3) is 3.89. The summed E-state index contributed by atoms with van der Waals surface area (Å²) in [6.45, 7) is 1.98. The highest BCUT2D eigenvalue weighted by Gasteiger charge is 1.79. The first-order valence-corrected chi connectivity index (χ1v) is 3.28. The zero-order chi connectivity index (χ0) is 7.82. The number of hydrogen-bond donors (Lipinski definition) is 1. The van der Waals surface area contributed by atoms with Gasteiger partial charge in [0.15, 0.2) is 0 Å². The molecule has 0 bridgehead atoms. The Morgan fingerprint density at radius 1 is 1.50 bits per heavy atom. The van der Waals surface area contributed by atoms with Gasteiger partial charge in [-0.3, -0.25) is 4.99 Å². The number of allylic oxidation sites excluding steroid dienone is 3. The molecule has 0 spiro atoms. The van der Waals surface area contributed by atoms with Crippen molar-refractivity contribution in [3.05, 3.63) is 23.9 Å². The van der Waals surface area contributed by atoms with E-state index in [-0.39, 0.29) is 0 Å². The van der Waals surface area contributed by atoms with E-state index in [1.54, 1.807) is 13.3 Å². The minimum absolute atomic E-state index is 1.06. The van der Waals surface area contributed by atoms with Crippen molar-refractivity contribution in [1.29, 1.82) is 0 Å². The maximum absolute atomic E-state index is 3.83. The molecule has 0 atom stereocenters. The van der Waals surface area contributed by atoms with Crippen LogP contribution in [-0.4, -0.2) is 20.3 Å². The predicted octanol–water partition coefficient (Wildman–Crippen LogP) is 1.37. The van der Waals surface area contributed by atoms with Crippen LogP contribution >= 0.6 is 0 Å². The Morgan fingerprint density at radius 3 is 2.60 bits per heavy atom. The van der Waals surface area contributed by atoms with E-state index in [4.69, 9.17) is 0 Å². The summed E-state index contributed by atoms with van der Waals surface area (Å²) >= 11 is 0. The van der Waals surface area contributed by atoms with Crippen LogP contribution in [0.25, 0.3) is 0 Å². The van der Waals surface area contributed by atoms with Crippen molar-refractivity contribution in [2.75, 3.05) is 14.1 Å². The molecule has 0 saturated carbocycles. The molecule has 10 heavy (non-hydrogen) atoms. The summed E-state index contributed by atoms with van der Waals surface area (Å²) in [5.41, 5.74) is 1.06. The molecule has 0 amide bonds. The molecule has 0 aliphatic rings. The molecule has 0 aromatic carbocycles. The van der Waals surface area contributed by atoms with Gasteiger partial charge >= 0.3 is 0 Å². The minimum atomic E-state index is 1.06. The fourth-order valence-corrected chi connectivity index (χ4v) is 0.557. The normalized spacial score (nSPS) is 13.3. The summed E-state index contributed by atoms with van der Waals surface area (Å²) in [6, 6.07) is 0. The number of nitrogens with zero attached hydrogens (tertiary/aromatic N) is 1. The Balaban J connectivity index is 4.04. The fraction of sp³-hybridized carbons (Fsp3) is 0.375. The van der Waals surface area contributed by atoms with E-state index in [2.05, 4.69) is 10.3 Å². The minimum Gasteiger partial charge on any atom is -0.388 e. The second kappa shape index (κ2) is 6.08. The van der Waals surface area contributed by atoms with Crippen molar-refractivity contribution in [2.24, 2.45) is 4.99 Å². The van der Waals surface area contributed by atoms with E-state index in [0.717, 1.165) is 5.70 Å². The van der Waals surface area contributed by atoms with Crippen LogP contribution in [0.1, 0.15) is 6.92 Å². The zero-order valence-electron chi connectivity index (χ0n) is 6.76. The van der Waals surface area contributed by atoms with Crippen LogP contribution in [0.4, 0.5) is 0 Å². The van der Waals surface area contributed by atoms with Crippen molar-refractivity contribution >= 4 is 6.21 Å². The van der Waals surface area contributed by atoms with Gasteiger partial charge in [0.1, 0.15) is 0 Å². The molecule has 1 N–H and O–H groups in total. The molecule has 0 aliphatic carbocycles. The summed E-state index contributed by atoms with van der Waals surface area (Å²) in [7, 11) is 3.63. The van der Waals surface area contributed by atoms with Crippen molar-refractivity contribution in [3.63, 3.8) is 0 Å². The van der Waals surface area contributed by atoms with Crippen LogP contribution in [0, 0.1) is 0 Å². The monoisotopic (exact) mass is 138 g/mol. The third-order valence-corrected chi connectivity index (χ3v) is 1.04. The lowest BCUT2D eigenvalue weighted by Gasteiger charge is -1.95. The van der Waals surface area contributed by atoms with Crippen LogP contribution in [0.3, 0.4) is 0 Å². The first-order chi connectivity index (χ1) is 4.85. The van der Waals surface area contributed by atoms with E-state index in [1.165, 1.54) is 0 Å². The summed E-state index contributed by atoms with van der Waals surface area (Å²) in [6.07, 6.45) is 7.64. The highest BCUT2D eigenvalue weighted by molar-refractivity contribution is 5.72. The number of rotatable bonds is 3. The number of hydrogen-bond acceptors (Lipinski definition) is 2. The van der Waals surface area contributed by atoms with Gasteiger partial charge in [-0.05, 0) is 19.1 Å². The van der Waals surface area contributed by atoms with Crippen LogP contribution in [-0.2, 0) is 0 Å². The van der Waals surface area contributed by atoms with Crippen molar-refractivity contribution in [2.45, 2.75) is 6.92 Å². The number of nitrogens with one attached hydrogen (secondary N) is 1. The lowest BCUT2D eigenvalue weighted by molar-refractivity contribution is 1.03. The van der Waals surface area contributed by atoms with Gasteiger partial charge in [-0.2, -0.15) is 0 Å². The molecule has 0 aromatic heterocycles. The van der Waals surface area contributed by atoms with Gasteiger partial charge < -0.3 is 5.32 Å². The highest BCUT2D eigenvalue weighted by atomic mass is 14.8. The first-order valence-electron chi connectivity index (χ1n) is 3.28. The Kier molecular flexibility index (Phi) is 5.44. The molecule has 2 nitrogen and oxygen atoms in total. The van der Waals surface area contributed by atoms with E-state index >= 15 is 0 Å². The lowest BCUT2D eigenvalue weighted by Crippen LogP contribution is -2.02. The van der Waals surface area contributed by atoms with Crippen LogP contribution in [0.15, 0.2) is 28.9 Å². The average Bonchev–Trinajstić information content (AvgIpc) is 1.98. The van der Waals surface area contributed by atoms with E-state index in [1.807, 2.05) is 32.2 Å². The molecule has 0 aliphatic heterocycles. The molecule has 0 unspecified atom stereocenters. The average molecular weight is 138 g/mol. The highest BCUT2D eigenvalue weighted by Crippen LogP contribution is 1.87. The van der Waals surface area contributed by atoms with E-state index < -0.39 is 0 Å². The zero-order valence-corrected chi connectivity index (χ0v) is 6.76. The molecular formula is C8H14N2. The van der Waals surface area contributed by atoms with Gasteiger partial charge in [0.2, 0.25) is 0 Å². The smallest absolute Gasteiger partial charge is 0.0349 e. The van der Waals surface area contributed by atoms with Gasteiger partial charge in [-0.25, -0.2) is 0 Å². The maximum Gasteiger partial charge on any atom is 0.0349 e. The number of likely N-dealkylation sites (N-methyl/N-ethyl adjacent to an activating group) is 1. The molecule has 56 valence electrons. The summed E-state index contributed by atoms with van der Waals surface area (Å²) in [4.78, 5) is 3.83. The van der Waals surface area contributed by atoms with Crippen LogP contribution < -0.4 is 5.32 Å². The molecule has 0 saturated heterocycles. The van der Waals surface area contributed by atoms with Crippen molar-refractivity contribution in [3.8, 4) is 0 Å². The Hall–Kier alpha value is -1.05. The second-order valence-electron chi connectivity index (χ2n) is 1.78. The molecule has 0 aromatic rings. The van der Waals surface area contributed by atoms with Crippen molar-refractivity contribution < 1.29 is 0 Å². The quantitative estimate of drug-likeness (QED) is 0.462. The van der Waals surface area contributed by atoms with Crippen LogP contribution in [0.2, 0.25) is 0 Å². The summed E-state index contributed by atoms with van der Waals surface area (Å²) in [5.74, 6) is 0. The summed E-state index contributed by atoms with van der Waals surface area (Å²) in [5, 5.41) is 3.02. The summed E-state index contributed by atoms with van der Waals surface area (Å²) < 4.78 is 0. The number of aliphatic imine (C=N–C) groups is 1. The van der Waals surface area contributed by atoms with Crippen LogP contribution in [0.5, 0.6) is 0 Å². The van der Waals surface area contributed by atoms with E-state index in [9.17, 15) is 0 Å². The van der Waals surface area contributed by atoms with Gasteiger partial charge in [0.25, 0.3) is 0 Å². The first kappa shape index (κ1) is 8.95. The van der Waals surface area contributed by atoms with Gasteiger partial charge in [-0.15, -0.1) is 0 Å². The largest absolute Gasteiger partial charge is 0.388 e. The van der Waals surface area contributed by atoms with Gasteiger partial charge in [-0.1, -0.05) is 6.08 Å². The predicted molar refractivity (Wildman–Crippen MR) is 46.4 cm³/mol. The third-order valence-electron chi connectivity index (χ3n) is 1.04.